The molecule has 0 spiro atoms. The summed E-state index contributed by atoms with van der Waals surface area (Å²) in [6, 6.07) is 5.98. The van der Waals surface area contributed by atoms with Gasteiger partial charge in [-0.3, -0.25) is 0 Å². The molecule has 0 aromatic heterocycles. The second-order valence-electron chi connectivity index (χ2n) is 2.19. The predicted molar refractivity (Wildman–Crippen MR) is 61.6 cm³/mol. The van der Waals surface area contributed by atoms with Crippen molar-refractivity contribution in [1.29, 1.82) is 0 Å². The molecule has 0 saturated carbocycles. The quantitative estimate of drug-likeness (QED) is 0.707. The maximum atomic E-state index is 5.54. The Hall–Kier alpha value is 0.210. The Kier molecular flexibility index (Phi) is 4.33. The average molecular weight is 310 g/mol. The average Bonchev–Trinajstić information content (AvgIpc) is 2.04. The molecule has 0 bridgehead atoms. The second-order valence-corrected chi connectivity index (χ2v) is 4.21. The number of alkyl halides is 1. The second kappa shape index (κ2) is 5.05. The van der Waals surface area contributed by atoms with E-state index in [4.69, 9.17) is 11.6 Å². The summed E-state index contributed by atoms with van der Waals surface area (Å²) in [5, 5.41) is 0. The van der Waals surface area contributed by atoms with Crippen LogP contribution in [0.5, 0.6) is 0 Å². The fourth-order valence-corrected chi connectivity index (χ4v) is 2.18. The van der Waals surface area contributed by atoms with E-state index in [1.165, 1.54) is 0 Å². The summed E-state index contributed by atoms with van der Waals surface area (Å²) in [5.74, 6) is 0.535. The van der Waals surface area contributed by atoms with Gasteiger partial charge >= 0.3 is 0 Å². The Bertz CT molecular complexity index is 274. The molecule has 0 radical (unpaired) electrons. The van der Waals surface area contributed by atoms with E-state index in [1.54, 1.807) is 0 Å². The van der Waals surface area contributed by atoms with Gasteiger partial charge in [-0.15, -0.1) is 11.6 Å². The molecule has 0 nitrogen and oxygen atoms in total. The monoisotopic (exact) mass is 308 g/mol. The van der Waals surface area contributed by atoms with Crippen molar-refractivity contribution in [3.8, 4) is 0 Å². The third kappa shape index (κ3) is 2.61. The summed E-state index contributed by atoms with van der Waals surface area (Å²) in [7, 11) is 0. The molecule has 0 N–H and O–H groups in total. The van der Waals surface area contributed by atoms with Crippen LogP contribution in [0, 0.1) is 0 Å². The maximum Gasteiger partial charge on any atom is 0.0407 e. The summed E-state index contributed by atoms with van der Waals surface area (Å²) >= 11 is 12.4. The molecule has 0 saturated heterocycles. The highest BCUT2D eigenvalue weighted by Gasteiger charge is 1.98. The van der Waals surface area contributed by atoms with Crippen molar-refractivity contribution in [2.75, 3.05) is 5.88 Å². The van der Waals surface area contributed by atoms with Crippen molar-refractivity contribution in [1.82, 2.24) is 0 Å². The maximum absolute atomic E-state index is 5.54. The number of allylic oxidation sites excluding steroid dienone is 1. The Morgan fingerprint density at radius 3 is 2.33 bits per heavy atom. The normalized spacial score (nSPS) is 10.9. The number of halogens is 3. The third-order valence-electron chi connectivity index (χ3n) is 1.37. The Morgan fingerprint density at radius 1 is 1.25 bits per heavy atom. The van der Waals surface area contributed by atoms with Crippen LogP contribution in [-0.2, 0) is 0 Å². The third-order valence-corrected chi connectivity index (χ3v) is 2.93. The molecule has 0 aliphatic rings. The van der Waals surface area contributed by atoms with Crippen LogP contribution in [0.15, 0.2) is 33.2 Å². The van der Waals surface area contributed by atoms with E-state index in [0.29, 0.717) is 5.88 Å². The van der Waals surface area contributed by atoms with Crippen LogP contribution in [0.4, 0.5) is 0 Å². The molecule has 0 heterocycles. The standard InChI is InChI=1S/C9H7Br2Cl/c10-8-4-1-5-9(11)7(8)3-2-6-12/h1-5H,6H2. The topological polar surface area (TPSA) is 0 Å². The van der Waals surface area contributed by atoms with Crippen LogP contribution in [0.2, 0.25) is 0 Å². The summed E-state index contributed by atoms with van der Waals surface area (Å²) in [6.07, 6.45) is 3.90. The molecule has 12 heavy (non-hydrogen) atoms. The molecule has 0 atom stereocenters. The first-order valence-corrected chi connectivity index (χ1v) is 5.54. The smallest absolute Gasteiger partial charge is 0.0407 e. The summed E-state index contributed by atoms with van der Waals surface area (Å²) in [4.78, 5) is 0. The highest BCUT2D eigenvalue weighted by atomic mass is 79.9. The van der Waals surface area contributed by atoms with E-state index in [9.17, 15) is 0 Å². The van der Waals surface area contributed by atoms with Gasteiger partial charge in [0.05, 0.1) is 0 Å². The van der Waals surface area contributed by atoms with Crippen LogP contribution in [0.3, 0.4) is 0 Å². The minimum atomic E-state index is 0.535. The first-order chi connectivity index (χ1) is 5.75. The van der Waals surface area contributed by atoms with Crippen molar-refractivity contribution in [3.63, 3.8) is 0 Å². The minimum Gasteiger partial charge on any atom is -0.122 e. The zero-order chi connectivity index (χ0) is 8.97. The first kappa shape index (κ1) is 10.3. The Balaban J connectivity index is 3.04. The molecule has 1 aromatic rings. The van der Waals surface area contributed by atoms with Gasteiger partial charge in [-0.05, 0) is 12.1 Å². The van der Waals surface area contributed by atoms with Crippen molar-refractivity contribution in [3.05, 3.63) is 38.8 Å². The summed E-state index contributed by atoms with van der Waals surface area (Å²) in [6.45, 7) is 0. The van der Waals surface area contributed by atoms with Crippen LogP contribution in [0.25, 0.3) is 6.08 Å². The highest BCUT2D eigenvalue weighted by Crippen LogP contribution is 2.26. The fraction of sp³-hybridized carbons (Fsp3) is 0.111. The van der Waals surface area contributed by atoms with E-state index >= 15 is 0 Å². The summed E-state index contributed by atoms with van der Waals surface area (Å²) < 4.78 is 2.14. The molecule has 0 unspecified atom stereocenters. The van der Waals surface area contributed by atoms with Gasteiger partial charge in [0.25, 0.3) is 0 Å². The van der Waals surface area contributed by atoms with E-state index in [0.717, 1.165) is 14.5 Å². The van der Waals surface area contributed by atoms with E-state index < -0.39 is 0 Å². The van der Waals surface area contributed by atoms with Crippen LogP contribution < -0.4 is 0 Å². The molecule has 1 rings (SSSR count). The van der Waals surface area contributed by atoms with Gasteiger partial charge in [0, 0.05) is 20.4 Å². The minimum absolute atomic E-state index is 0.535. The van der Waals surface area contributed by atoms with Crippen LogP contribution >= 0.6 is 43.5 Å². The predicted octanol–water partition coefficient (Wildman–Crippen LogP) is 4.46. The van der Waals surface area contributed by atoms with Crippen molar-refractivity contribution in [2.24, 2.45) is 0 Å². The molecule has 0 amide bonds. The number of hydrogen-bond acceptors (Lipinski definition) is 0. The molecule has 3 heteroatoms. The van der Waals surface area contributed by atoms with Crippen molar-refractivity contribution >= 4 is 49.5 Å². The highest BCUT2D eigenvalue weighted by molar-refractivity contribution is 9.11. The lowest BCUT2D eigenvalue weighted by atomic mass is 10.2. The van der Waals surface area contributed by atoms with E-state index in [1.807, 2.05) is 30.4 Å². The van der Waals surface area contributed by atoms with E-state index in [2.05, 4.69) is 31.9 Å². The number of benzene rings is 1. The lowest BCUT2D eigenvalue weighted by Crippen LogP contribution is -1.77. The fourth-order valence-electron chi connectivity index (χ4n) is 0.832. The lowest BCUT2D eigenvalue weighted by molar-refractivity contribution is 1.54. The molecule has 1 aromatic carbocycles. The number of hydrogen-bond donors (Lipinski definition) is 0. The van der Waals surface area contributed by atoms with Gasteiger partial charge in [0.1, 0.15) is 0 Å². The lowest BCUT2D eigenvalue weighted by Gasteiger charge is -2.00. The first-order valence-electron chi connectivity index (χ1n) is 3.42. The molecule has 0 aliphatic heterocycles. The van der Waals surface area contributed by atoms with Gasteiger partial charge < -0.3 is 0 Å². The SMILES string of the molecule is ClCC=Cc1c(Br)cccc1Br. The molecule has 64 valence electrons. The van der Waals surface area contributed by atoms with Gasteiger partial charge in [0.15, 0.2) is 0 Å². The molecule has 0 fully saturated rings. The summed E-state index contributed by atoms with van der Waals surface area (Å²) in [5.41, 5.74) is 1.12. The molecular weight excluding hydrogens is 303 g/mol. The zero-order valence-electron chi connectivity index (χ0n) is 6.23. The largest absolute Gasteiger partial charge is 0.122 e. The van der Waals surface area contributed by atoms with Crippen LogP contribution in [-0.4, -0.2) is 5.88 Å². The zero-order valence-corrected chi connectivity index (χ0v) is 10.2. The van der Waals surface area contributed by atoms with Crippen molar-refractivity contribution < 1.29 is 0 Å². The Morgan fingerprint density at radius 2 is 1.83 bits per heavy atom. The van der Waals surface area contributed by atoms with Gasteiger partial charge in [-0.1, -0.05) is 50.1 Å². The van der Waals surface area contributed by atoms with Crippen LogP contribution in [0.1, 0.15) is 5.56 Å². The van der Waals surface area contributed by atoms with Gasteiger partial charge in [-0.2, -0.15) is 0 Å². The Labute approximate surface area is 93.9 Å². The molecular formula is C9H7Br2Cl. The van der Waals surface area contributed by atoms with Gasteiger partial charge in [-0.25, -0.2) is 0 Å². The van der Waals surface area contributed by atoms with E-state index in [-0.39, 0.29) is 0 Å². The van der Waals surface area contributed by atoms with Gasteiger partial charge in [0.2, 0.25) is 0 Å². The number of rotatable bonds is 2. The molecule has 0 aliphatic carbocycles. The van der Waals surface area contributed by atoms with Crippen molar-refractivity contribution in [2.45, 2.75) is 0 Å².